The Morgan fingerprint density at radius 1 is 1.28 bits per heavy atom. The van der Waals surface area contributed by atoms with Crippen molar-refractivity contribution in [2.45, 2.75) is 110 Å². The zero-order chi connectivity index (χ0) is 29.6. The highest BCUT2D eigenvalue weighted by Crippen LogP contribution is 2.68. The van der Waals surface area contributed by atoms with Gasteiger partial charge < -0.3 is 20.9 Å². The van der Waals surface area contributed by atoms with Crippen LogP contribution >= 0.6 is 11.8 Å². The number of Topliss-reactive ketones (excluding diaryl/α,β-unsaturated/α-hetero) is 1. The van der Waals surface area contributed by atoms with Gasteiger partial charge >= 0.3 is 5.97 Å². The number of carbonyl (C=O) groups is 3. The van der Waals surface area contributed by atoms with E-state index in [0.29, 0.717) is 19.4 Å². The molecule has 3 fully saturated rings. The fraction of sp³-hybridized carbons (Fsp3) is 0.839. The minimum atomic E-state index is -0.684. The molecule has 39 heavy (non-hydrogen) atoms. The molecule has 0 aromatic heterocycles. The van der Waals surface area contributed by atoms with Crippen molar-refractivity contribution >= 4 is 29.4 Å². The van der Waals surface area contributed by atoms with Crippen LogP contribution in [0.5, 0.6) is 0 Å². The summed E-state index contributed by atoms with van der Waals surface area (Å²) in [5, 5.41) is 14.6. The zero-order valence-electron chi connectivity index (χ0n) is 25.3. The Balaban J connectivity index is 1.82. The molecule has 3 rings (SSSR count). The van der Waals surface area contributed by atoms with Gasteiger partial charge in [0.1, 0.15) is 11.9 Å². The number of amides is 1. The van der Waals surface area contributed by atoms with Gasteiger partial charge in [0.25, 0.3) is 0 Å². The number of nitrogens with two attached hydrogens (primary N) is 1. The smallest absolute Gasteiger partial charge is 0.316 e. The summed E-state index contributed by atoms with van der Waals surface area (Å²) >= 11 is 1.43. The van der Waals surface area contributed by atoms with E-state index in [0.717, 1.165) is 19.3 Å². The van der Waals surface area contributed by atoms with Gasteiger partial charge in [0.05, 0.1) is 17.9 Å². The van der Waals surface area contributed by atoms with Crippen molar-refractivity contribution in [2.24, 2.45) is 45.7 Å². The first kappa shape index (κ1) is 32.1. The van der Waals surface area contributed by atoms with Crippen LogP contribution < -0.4 is 11.1 Å². The first-order valence-corrected chi connectivity index (χ1v) is 15.6. The van der Waals surface area contributed by atoms with Gasteiger partial charge in [0.15, 0.2) is 0 Å². The average Bonchev–Trinajstić information content (AvgIpc) is 3.24. The third-order valence-corrected chi connectivity index (χ3v) is 12.2. The highest BCUT2D eigenvalue weighted by molar-refractivity contribution is 8.01. The highest BCUT2D eigenvalue weighted by Gasteiger charge is 2.68. The minimum Gasteiger partial charge on any atom is -0.461 e. The SMILES string of the molecule is C=C[C@]1(C)C[C@@H](OC(=O)CSC(C)(C)CNC(=O)[C@H](N)C(C)C)[C@@]2(C)[C@H](C)CC[C@]3(CCC(=O)[C@H]32)[C@@H](C)[C@@H]1O. The molecule has 0 aromatic carbocycles. The number of hydrogen-bond acceptors (Lipinski definition) is 7. The van der Waals surface area contributed by atoms with Crippen LogP contribution in [0.15, 0.2) is 12.7 Å². The predicted octanol–water partition coefficient (Wildman–Crippen LogP) is 4.50. The molecule has 0 aliphatic heterocycles. The van der Waals surface area contributed by atoms with Gasteiger partial charge in [-0.25, -0.2) is 0 Å². The molecule has 3 aliphatic rings. The molecule has 0 radical (unpaired) electrons. The number of rotatable bonds is 9. The van der Waals surface area contributed by atoms with Crippen LogP contribution in [0.3, 0.4) is 0 Å². The summed E-state index contributed by atoms with van der Waals surface area (Å²) in [6.07, 6.45) is 4.17. The van der Waals surface area contributed by atoms with Crippen LogP contribution in [0.25, 0.3) is 0 Å². The normalized spacial score (nSPS) is 39.4. The number of hydrogen-bond donors (Lipinski definition) is 3. The van der Waals surface area contributed by atoms with Crippen molar-refractivity contribution in [1.29, 1.82) is 0 Å². The quantitative estimate of drug-likeness (QED) is 0.279. The Morgan fingerprint density at radius 3 is 2.51 bits per heavy atom. The summed E-state index contributed by atoms with van der Waals surface area (Å²) in [5.41, 5.74) is 4.49. The van der Waals surface area contributed by atoms with E-state index < -0.39 is 33.8 Å². The van der Waals surface area contributed by atoms with E-state index >= 15 is 0 Å². The lowest BCUT2D eigenvalue weighted by Gasteiger charge is -2.61. The summed E-state index contributed by atoms with van der Waals surface area (Å²) in [6, 6.07) is -0.573. The molecule has 0 saturated heterocycles. The molecule has 3 aliphatic carbocycles. The molecule has 0 unspecified atom stereocenters. The van der Waals surface area contributed by atoms with Crippen molar-refractivity contribution in [3.63, 3.8) is 0 Å². The van der Waals surface area contributed by atoms with Crippen LogP contribution in [-0.4, -0.2) is 58.1 Å². The Kier molecular flexibility index (Phi) is 9.46. The standard InChI is InChI=1S/C31H52N2O5S/c1-10-29(8)15-22(38-23(35)16-39-28(6,7)17-33-27(37)24(32)18(2)3)30(9)19(4)11-13-31(20(5)26(29)36)14-12-21(34)25(30)31/h10,18-20,22,24-26,36H,1,11-17,32H2,2-9H3,(H,33,37)/t19-,20+,22-,24-,25+,26+,29-,30-,31+/m1/s1. The van der Waals surface area contributed by atoms with Gasteiger partial charge in [-0.2, -0.15) is 0 Å². The largest absolute Gasteiger partial charge is 0.461 e. The van der Waals surface area contributed by atoms with Crippen molar-refractivity contribution in [1.82, 2.24) is 5.32 Å². The second-order valence-corrected chi connectivity index (χ2v) is 15.8. The molecule has 0 aromatic rings. The Labute approximate surface area is 239 Å². The second kappa shape index (κ2) is 11.5. The van der Waals surface area contributed by atoms with Crippen LogP contribution in [0, 0.1) is 39.9 Å². The fourth-order valence-corrected chi connectivity index (χ4v) is 8.47. The number of thioether (sulfide) groups is 1. The summed E-state index contributed by atoms with van der Waals surface area (Å²) in [7, 11) is 0. The van der Waals surface area contributed by atoms with Gasteiger partial charge in [0.2, 0.25) is 5.91 Å². The average molecular weight is 565 g/mol. The van der Waals surface area contributed by atoms with Crippen molar-refractivity contribution in [2.75, 3.05) is 12.3 Å². The monoisotopic (exact) mass is 564 g/mol. The summed E-state index contributed by atoms with van der Waals surface area (Å²) < 4.78 is 5.92. The van der Waals surface area contributed by atoms with Gasteiger partial charge in [-0.05, 0) is 62.7 Å². The van der Waals surface area contributed by atoms with Crippen molar-refractivity contribution in [3.05, 3.63) is 12.7 Å². The van der Waals surface area contributed by atoms with Gasteiger partial charge in [-0.15, -0.1) is 18.3 Å². The molecular weight excluding hydrogens is 512 g/mol. The molecule has 222 valence electrons. The topological polar surface area (TPSA) is 119 Å². The van der Waals surface area contributed by atoms with E-state index in [1.165, 1.54) is 11.8 Å². The number of aliphatic hydroxyl groups is 1. The van der Waals surface area contributed by atoms with Crippen LogP contribution in [0.4, 0.5) is 0 Å². The lowest BCUT2D eigenvalue weighted by molar-refractivity contribution is -0.205. The number of aliphatic hydroxyl groups excluding tert-OH is 1. The summed E-state index contributed by atoms with van der Waals surface area (Å²) in [4.78, 5) is 39.2. The molecule has 4 N–H and O–H groups in total. The van der Waals surface area contributed by atoms with Gasteiger partial charge in [-0.3, -0.25) is 14.4 Å². The number of carbonyl (C=O) groups excluding carboxylic acids is 3. The highest BCUT2D eigenvalue weighted by atomic mass is 32.2. The lowest BCUT2D eigenvalue weighted by Crippen LogP contribution is -2.63. The number of ether oxygens (including phenoxy) is 1. The van der Waals surface area contributed by atoms with E-state index in [2.05, 4.69) is 32.7 Å². The first-order valence-electron chi connectivity index (χ1n) is 14.7. The molecule has 2 bridgehead atoms. The molecule has 0 heterocycles. The molecule has 8 heteroatoms. The molecule has 0 spiro atoms. The maximum absolute atomic E-state index is 13.5. The van der Waals surface area contributed by atoms with Crippen LogP contribution in [-0.2, 0) is 19.1 Å². The molecular formula is C31H52N2O5S. The van der Waals surface area contributed by atoms with E-state index in [1.54, 1.807) is 0 Å². The summed E-state index contributed by atoms with van der Waals surface area (Å²) in [5.74, 6) is -0.243. The zero-order valence-corrected chi connectivity index (χ0v) is 26.2. The maximum Gasteiger partial charge on any atom is 0.316 e. The lowest BCUT2D eigenvalue weighted by atomic mass is 9.44. The molecule has 7 nitrogen and oxygen atoms in total. The predicted molar refractivity (Wildman–Crippen MR) is 157 cm³/mol. The maximum atomic E-state index is 13.5. The number of nitrogens with one attached hydrogen (secondary N) is 1. The van der Waals surface area contributed by atoms with Gasteiger partial charge in [0, 0.05) is 34.5 Å². The Bertz CT molecular complexity index is 969. The van der Waals surface area contributed by atoms with E-state index in [-0.39, 0.29) is 52.5 Å². The number of esters is 1. The Hall–Kier alpha value is -1.38. The van der Waals surface area contributed by atoms with Crippen LogP contribution in [0.1, 0.15) is 87.5 Å². The third kappa shape index (κ3) is 5.85. The number of ketones is 1. The first-order chi connectivity index (χ1) is 17.9. The van der Waals surface area contributed by atoms with Gasteiger partial charge in [-0.1, -0.05) is 47.6 Å². The minimum absolute atomic E-state index is 0.0382. The van der Waals surface area contributed by atoms with E-state index in [4.69, 9.17) is 10.5 Å². The van der Waals surface area contributed by atoms with E-state index in [9.17, 15) is 19.5 Å². The summed E-state index contributed by atoms with van der Waals surface area (Å²) in [6.45, 7) is 20.7. The fourth-order valence-electron chi connectivity index (χ4n) is 7.72. The second-order valence-electron chi connectivity index (χ2n) is 14.1. The van der Waals surface area contributed by atoms with E-state index in [1.807, 2.05) is 40.7 Å². The molecule has 9 atom stereocenters. The van der Waals surface area contributed by atoms with Crippen molar-refractivity contribution in [3.8, 4) is 0 Å². The van der Waals surface area contributed by atoms with Crippen molar-refractivity contribution < 1.29 is 24.2 Å². The third-order valence-electron chi connectivity index (χ3n) is 10.9. The van der Waals surface area contributed by atoms with Crippen LogP contribution in [0.2, 0.25) is 0 Å². The molecule has 3 saturated carbocycles. The Morgan fingerprint density at radius 2 is 1.92 bits per heavy atom. The molecule has 1 amide bonds.